The van der Waals surface area contributed by atoms with Crippen molar-refractivity contribution in [2.75, 3.05) is 34.0 Å². The van der Waals surface area contributed by atoms with Crippen LogP contribution in [-0.4, -0.2) is 68.6 Å². The largest absolute Gasteiger partial charge is 0.496 e. The minimum absolute atomic E-state index is 0.101. The van der Waals surface area contributed by atoms with Crippen LogP contribution in [0.25, 0.3) is 10.9 Å². The molecule has 1 aromatic heterocycles. The van der Waals surface area contributed by atoms with Gasteiger partial charge < -0.3 is 29.9 Å². The number of ether oxygens (including phenoxy) is 2. The number of ketones is 1. The van der Waals surface area contributed by atoms with Crippen LogP contribution in [0, 0.1) is 11.8 Å². The molecule has 1 saturated heterocycles. The number of carbonyl (C=O) groups excluding carboxylic acids is 3. The summed E-state index contributed by atoms with van der Waals surface area (Å²) >= 11 is 0. The van der Waals surface area contributed by atoms with E-state index in [1.807, 2.05) is 18.2 Å². The maximum Gasteiger partial charge on any atom is 0.268 e. The quantitative estimate of drug-likeness (QED) is 0.331. The predicted octanol–water partition coefficient (Wildman–Crippen LogP) is 2.34. The van der Waals surface area contributed by atoms with Crippen molar-refractivity contribution in [3.8, 4) is 5.75 Å². The highest BCUT2D eigenvalue weighted by Gasteiger charge is 2.30. The molecule has 0 aliphatic carbocycles. The van der Waals surface area contributed by atoms with E-state index in [9.17, 15) is 14.4 Å². The fourth-order valence-corrected chi connectivity index (χ4v) is 4.33. The molecule has 1 aromatic carbocycles. The van der Waals surface area contributed by atoms with E-state index in [1.165, 1.54) is 7.11 Å². The van der Waals surface area contributed by atoms with Crippen LogP contribution in [0.4, 0.5) is 0 Å². The third-order valence-electron chi connectivity index (χ3n) is 6.38. The number of benzene rings is 1. The van der Waals surface area contributed by atoms with Crippen LogP contribution in [0.1, 0.15) is 50.0 Å². The van der Waals surface area contributed by atoms with Crippen LogP contribution in [-0.2, 0) is 19.2 Å². The van der Waals surface area contributed by atoms with Crippen LogP contribution in [0.2, 0.25) is 0 Å². The molecule has 0 radical (unpaired) electrons. The predicted molar refractivity (Wildman–Crippen MR) is 136 cm³/mol. The van der Waals surface area contributed by atoms with E-state index in [0.717, 1.165) is 23.7 Å². The first-order valence-corrected chi connectivity index (χ1v) is 12.5. The molecular weight excluding hydrogens is 464 g/mol. The highest BCUT2D eigenvalue weighted by Crippen LogP contribution is 2.26. The number of hydroxylamine groups is 1. The molecule has 198 valence electrons. The molecule has 3 rings (SSSR count). The van der Waals surface area contributed by atoms with Gasteiger partial charge in [-0.1, -0.05) is 19.9 Å². The highest BCUT2D eigenvalue weighted by atomic mass is 16.6. The van der Waals surface area contributed by atoms with Crippen molar-refractivity contribution in [1.29, 1.82) is 0 Å². The summed E-state index contributed by atoms with van der Waals surface area (Å²) in [5.74, 6) is 0.125. The number of aromatic nitrogens is 1. The number of methoxy groups -OCH3 is 2. The molecule has 2 aromatic rings. The molecule has 1 aliphatic rings. The van der Waals surface area contributed by atoms with E-state index in [4.69, 9.17) is 14.3 Å². The Bertz CT molecular complexity index is 1030. The summed E-state index contributed by atoms with van der Waals surface area (Å²) in [7, 11) is 3.02. The number of aromatic amines is 1. The third-order valence-corrected chi connectivity index (χ3v) is 6.38. The van der Waals surface area contributed by atoms with E-state index in [0.29, 0.717) is 43.4 Å². The van der Waals surface area contributed by atoms with E-state index in [2.05, 4.69) is 34.9 Å². The number of rotatable bonds is 13. The Balaban J connectivity index is 1.75. The Morgan fingerprint density at radius 3 is 2.61 bits per heavy atom. The zero-order chi connectivity index (χ0) is 26.1. The van der Waals surface area contributed by atoms with Crippen molar-refractivity contribution in [2.24, 2.45) is 11.8 Å². The summed E-state index contributed by atoms with van der Waals surface area (Å²) in [6, 6.07) is 5.71. The SMILES string of the molecule is COCC(=O)C(CC1CCNOC1)NC(=O)[C@H](CCC(C)C)NC(=O)c1cc2c(OC)cccc2[nH]1. The summed E-state index contributed by atoms with van der Waals surface area (Å²) in [6.45, 7) is 5.17. The molecule has 2 heterocycles. The number of Topliss-reactive ketones (excluding diaryl/α,β-unsaturated/α-hetero) is 1. The van der Waals surface area contributed by atoms with E-state index in [-0.39, 0.29) is 24.2 Å². The Kier molecular flexibility index (Phi) is 10.3. The van der Waals surface area contributed by atoms with Gasteiger partial charge >= 0.3 is 0 Å². The fraction of sp³-hybridized carbons (Fsp3) is 0.577. The van der Waals surface area contributed by atoms with Crippen LogP contribution >= 0.6 is 0 Å². The molecule has 10 nitrogen and oxygen atoms in total. The lowest BCUT2D eigenvalue weighted by molar-refractivity contribution is -0.131. The number of H-pyrrole nitrogens is 1. The average Bonchev–Trinajstić information content (AvgIpc) is 3.31. The monoisotopic (exact) mass is 502 g/mol. The van der Waals surface area contributed by atoms with Crippen molar-refractivity contribution >= 4 is 28.5 Å². The number of hydrogen-bond donors (Lipinski definition) is 4. The zero-order valence-electron chi connectivity index (χ0n) is 21.5. The lowest BCUT2D eigenvalue weighted by Crippen LogP contribution is -2.53. The van der Waals surface area contributed by atoms with Gasteiger partial charge in [0.1, 0.15) is 24.1 Å². The standard InChI is InChI=1S/C26H38N4O6/c1-16(2)8-9-20(29-26(33)22-13-18-19(28-22)6-5-7-24(18)35-4)25(32)30-21(23(31)15-34-3)12-17-10-11-27-36-14-17/h5-7,13,16-17,20-21,27-28H,8-12,14-15H2,1-4H3,(H,29,33)(H,30,32)/t17?,20-,21?/m0/s1. The van der Waals surface area contributed by atoms with Crippen molar-refractivity contribution < 1.29 is 28.7 Å². The minimum Gasteiger partial charge on any atom is -0.496 e. The first-order chi connectivity index (χ1) is 17.3. The van der Waals surface area contributed by atoms with E-state index < -0.39 is 18.0 Å². The van der Waals surface area contributed by atoms with Gasteiger partial charge in [0.2, 0.25) is 5.91 Å². The van der Waals surface area contributed by atoms with Crippen molar-refractivity contribution in [3.63, 3.8) is 0 Å². The summed E-state index contributed by atoms with van der Waals surface area (Å²) in [5.41, 5.74) is 3.92. The van der Waals surface area contributed by atoms with Crippen LogP contribution in [0.15, 0.2) is 24.3 Å². The van der Waals surface area contributed by atoms with Gasteiger partial charge in [0.15, 0.2) is 5.78 Å². The van der Waals surface area contributed by atoms with Gasteiger partial charge in [-0.05, 0) is 55.7 Å². The summed E-state index contributed by atoms with van der Waals surface area (Å²) in [4.78, 5) is 47.6. The number of nitrogens with one attached hydrogen (secondary N) is 4. The van der Waals surface area contributed by atoms with Gasteiger partial charge in [-0.15, -0.1) is 0 Å². The van der Waals surface area contributed by atoms with Crippen LogP contribution in [0.5, 0.6) is 5.75 Å². The Labute approximate surface area is 211 Å². The molecule has 0 spiro atoms. The molecule has 2 unspecified atom stereocenters. The molecule has 36 heavy (non-hydrogen) atoms. The first-order valence-electron chi connectivity index (χ1n) is 12.5. The lowest BCUT2D eigenvalue weighted by atomic mass is 9.94. The van der Waals surface area contributed by atoms with Crippen LogP contribution < -0.4 is 20.9 Å². The summed E-state index contributed by atoms with van der Waals surface area (Å²) < 4.78 is 10.4. The van der Waals surface area contributed by atoms with E-state index in [1.54, 1.807) is 13.2 Å². The number of fused-ring (bicyclic) bond motifs is 1. The van der Waals surface area contributed by atoms with Crippen LogP contribution in [0.3, 0.4) is 0 Å². The number of amides is 2. The molecule has 3 atom stereocenters. The third kappa shape index (κ3) is 7.52. The van der Waals surface area contributed by atoms with Gasteiger partial charge in [-0.3, -0.25) is 14.4 Å². The van der Waals surface area contributed by atoms with Gasteiger partial charge in [0.25, 0.3) is 5.91 Å². The molecule has 4 N–H and O–H groups in total. The van der Waals surface area contributed by atoms with Gasteiger partial charge in [0, 0.05) is 24.6 Å². The van der Waals surface area contributed by atoms with Crippen molar-refractivity contribution in [1.82, 2.24) is 21.1 Å². The van der Waals surface area contributed by atoms with Gasteiger partial charge in [-0.2, -0.15) is 0 Å². The second-order valence-corrected chi connectivity index (χ2v) is 9.66. The second kappa shape index (κ2) is 13.4. The minimum atomic E-state index is -0.796. The maximum atomic E-state index is 13.4. The Hall–Kier alpha value is -2.95. The topological polar surface area (TPSA) is 131 Å². The maximum absolute atomic E-state index is 13.4. The van der Waals surface area contributed by atoms with Crippen molar-refractivity contribution in [3.05, 3.63) is 30.0 Å². The molecule has 10 heteroatoms. The first kappa shape index (κ1) is 27.6. The van der Waals surface area contributed by atoms with Gasteiger partial charge in [0.05, 0.1) is 19.8 Å². The number of carbonyl (C=O) groups is 3. The van der Waals surface area contributed by atoms with Crippen molar-refractivity contribution in [2.45, 2.75) is 51.6 Å². The van der Waals surface area contributed by atoms with E-state index >= 15 is 0 Å². The smallest absolute Gasteiger partial charge is 0.268 e. The zero-order valence-corrected chi connectivity index (χ0v) is 21.5. The fourth-order valence-electron chi connectivity index (χ4n) is 4.33. The lowest BCUT2D eigenvalue weighted by Gasteiger charge is -2.28. The molecule has 1 aliphatic heterocycles. The molecule has 1 fully saturated rings. The average molecular weight is 503 g/mol. The Morgan fingerprint density at radius 2 is 1.94 bits per heavy atom. The molecule has 2 amide bonds. The second-order valence-electron chi connectivity index (χ2n) is 9.66. The molecule has 0 bridgehead atoms. The number of hydrogen-bond acceptors (Lipinski definition) is 7. The summed E-state index contributed by atoms with van der Waals surface area (Å²) in [5, 5.41) is 6.53. The summed E-state index contributed by atoms with van der Waals surface area (Å²) in [6.07, 6.45) is 2.46. The Morgan fingerprint density at radius 1 is 1.14 bits per heavy atom. The van der Waals surface area contributed by atoms with Gasteiger partial charge in [-0.25, -0.2) is 5.48 Å². The molecule has 0 saturated carbocycles. The highest BCUT2D eigenvalue weighted by molar-refractivity contribution is 6.02. The molecular formula is C26H38N4O6. The normalized spacial score (nSPS) is 17.5.